The first-order valence-electron chi connectivity index (χ1n) is 11.3. The van der Waals surface area contributed by atoms with Gasteiger partial charge in [0.15, 0.2) is 5.03 Å². The van der Waals surface area contributed by atoms with Gasteiger partial charge in [-0.2, -0.15) is 12.8 Å². The number of hydrogen-bond acceptors (Lipinski definition) is 7. The van der Waals surface area contributed by atoms with Crippen LogP contribution in [0.15, 0.2) is 41.7 Å². The summed E-state index contributed by atoms with van der Waals surface area (Å²) in [6.07, 6.45) is 10.3. The van der Waals surface area contributed by atoms with Gasteiger partial charge in [0.1, 0.15) is 5.75 Å². The third-order valence-corrected chi connectivity index (χ3v) is 8.30. The normalized spacial score (nSPS) is 17.4. The maximum Gasteiger partial charge on any atom is 0.280 e. The topological polar surface area (TPSA) is 101 Å². The lowest BCUT2D eigenvalue weighted by atomic mass is 10.1. The number of pyridine rings is 1. The second-order valence-electron chi connectivity index (χ2n) is 8.54. The van der Waals surface area contributed by atoms with E-state index < -0.39 is 10.0 Å². The van der Waals surface area contributed by atoms with Crippen LogP contribution in [0.1, 0.15) is 55.3 Å². The highest BCUT2D eigenvalue weighted by atomic mass is 32.2. The SMILES string of the molecule is O=C(c1ccc(OC2CCCC2)cc1NS(=O)(=O)c1nccc2sncc12)N1CCCCC1. The van der Waals surface area contributed by atoms with E-state index in [9.17, 15) is 13.2 Å². The summed E-state index contributed by atoms with van der Waals surface area (Å²) in [5, 5.41) is 0.351. The van der Waals surface area contributed by atoms with Crippen molar-refractivity contribution >= 4 is 43.2 Å². The van der Waals surface area contributed by atoms with Gasteiger partial charge in [-0.25, -0.2) is 4.98 Å². The molecule has 1 aliphatic heterocycles. The van der Waals surface area contributed by atoms with Gasteiger partial charge in [-0.1, -0.05) is 0 Å². The molecule has 174 valence electrons. The van der Waals surface area contributed by atoms with Crippen LogP contribution in [0.4, 0.5) is 5.69 Å². The Bertz CT molecular complexity index is 1260. The zero-order valence-electron chi connectivity index (χ0n) is 18.2. The van der Waals surface area contributed by atoms with Crippen molar-refractivity contribution < 1.29 is 17.9 Å². The Labute approximate surface area is 197 Å². The van der Waals surface area contributed by atoms with Crippen LogP contribution >= 0.6 is 11.5 Å². The van der Waals surface area contributed by atoms with Crippen LogP contribution in [0.3, 0.4) is 0 Å². The van der Waals surface area contributed by atoms with Crippen molar-refractivity contribution in [3.8, 4) is 5.75 Å². The summed E-state index contributed by atoms with van der Waals surface area (Å²) in [6.45, 7) is 1.35. The summed E-state index contributed by atoms with van der Waals surface area (Å²) in [7, 11) is -4.06. The first-order valence-corrected chi connectivity index (χ1v) is 13.6. The van der Waals surface area contributed by atoms with E-state index >= 15 is 0 Å². The van der Waals surface area contributed by atoms with Crippen molar-refractivity contribution in [1.82, 2.24) is 14.3 Å². The smallest absolute Gasteiger partial charge is 0.280 e. The van der Waals surface area contributed by atoms with E-state index in [1.165, 1.54) is 23.9 Å². The number of ether oxygens (including phenoxy) is 1. The van der Waals surface area contributed by atoms with Crippen LogP contribution in [0, 0.1) is 0 Å². The molecule has 0 unspecified atom stereocenters. The summed E-state index contributed by atoms with van der Waals surface area (Å²) < 4.78 is 40.3. The van der Waals surface area contributed by atoms with Crippen molar-refractivity contribution in [1.29, 1.82) is 0 Å². The number of aromatic nitrogens is 2. The lowest BCUT2D eigenvalue weighted by Crippen LogP contribution is -2.36. The molecular weight excluding hydrogens is 460 g/mol. The Morgan fingerprint density at radius 3 is 2.67 bits per heavy atom. The molecule has 1 N–H and O–H groups in total. The second-order valence-corrected chi connectivity index (χ2v) is 11.0. The number of nitrogens with one attached hydrogen (secondary N) is 1. The minimum atomic E-state index is -4.06. The molecule has 1 saturated carbocycles. The fourth-order valence-corrected chi connectivity index (χ4v) is 6.43. The van der Waals surface area contributed by atoms with Crippen LogP contribution in [0.2, 0.25) is 0 Å². The quantitative estimate of drug-likeness (QED) is 0.553. The summed E-state index contributed by atoms with van der Waals surface area (Å²) >= 11 is 1.21. The zero-order chi connectivity index (χ0) is 22.8. The molecule has 2 fully saturated rings. The maximum absolute atomic E-state index is 13.4. The number of benzene rings is 1. The number of nitrogens with zero attached hydrogens (tertiary/aromatic N) is 3. The molecule has 0 atom stereocenters. The Balaban J connectivity index is 1.51. The van der Waals surface area contributed by atoms with Gasteiger partial charge >= 0.3 is 0 Å². The van der Waals surface area contributed by atoms with Crippen molar-refractivity contribution in [2.45, 2.75) is 56.1 Å². The molecule has 3 aromatic rings. The number of fused-ring (bicyclic) bond motifs is 1. The second kappa shape index (κ2) is 9.26. The largest absolute Gasteiger partial charge is 0.490 e. The Morgan fingerprint density at radius 1 is 1.09 bits per heavy atom. The summed E-state index contributed by atoms with van der Waals surface area (Å²) in [5.74, 6) is 0.376. The fraction of sp³-hybridized carbons (Fsp3) is 0.435. The molecule has 0 spiro atoms. The first-order chi connectivity index (χ1) is 16.0. The Hall–Kier alpha value is -2.72. The molecule has 0 radical (unpaired) electrons. The van der Waals surface area contributed by atoms with Gasteiger partial charge in [0.25, 0.3) is 15.9 Å². The van der Waals surface area contributed by atoms with Crippen LogP contribution in [-0.2, 0) is 10.0 Å². The molecule has 10 heteroatoms. The summed E-state index contributed by atoms with van der Waals surface area (Å²) in [6, 6.07) is 6.78. The predicted molar refractivity (Wildman–Crippen MR) is 127 cm³/mol. The van der Waals surface area contributed by atoms with Crippen LogP contribution in [0.5, 0.6) is 5.75 Å². The fourth-order valence-electron chi connectivity index (χ4n) is 4.51. The van der Waals surface area contributed by atoms with E-state index in [0.717, 1.165) is 49.6 Å². The monoisotopic (exact) mass is 486 g/mol. The van der Waals surface area contributed by atoms with Gasteiger partial charge in [-0.3, -0.25) is 9.52 Å². The van der Waals surface area contributed by atoms with Crippen molar-refractivity contribution in [3.63, 3.8) is 0 Å². The number of anilines is 1. The number of carbonyl (C=O) groups is 1. The first kappa shape index (κ1) is 22.1. The van der Waals surface area contributed by atoms with Gasteiger partial charge in [-0.05, 0) is 74.7 Å². The molecular formula is C23H26N4O4S2. The summed E-state index contributed by atoms with van der Waals surface area (Å²) in [5.41, 5.74) is 0.526. The molecule has 2 aliphatic rings. The highest BCUT2D eigenvalue weighted by Gasteiger charge is 2.27. The third kappa shape index (κ3) is 4.67. The molecule has 1 aromatic carbocycles. The molecule has 3 heterocycles. The highest BCUT2D eigenvalue weighted by Crippen LogP contribution is 2.31. The van der Waals surface area contributed by atoms with Crippen molar-refractivity contribution in [2.75, 3.05) is 17.8 Å². The number of carbonyl (C=O) groups excluding carboxylic acids is 1. The predicted octanol–water partition coefficient (Wildman–Crippen LogP) is 4.44. The highest BCUT2D eigenvalue weighted by molar-refractivity contribution is 7.92. The molecule has 0 bridgehead atoms. The van der Waals surface area contributed by atoms with E-state index in [1.54, 1.807) is 29.2 Å². The molecule has 5 rings (SSSR count). The number of hydrogen-bond donors (Lipinski definition) is 1. The van der Waals surface area contributed by atoms with Crippen molar-refractivity contribution in [2.24, 2.45) is 0 Å². The molecule has 1 amide bonds. The maximum atomic E-state index is 13.4. The molecule has 33 heavy (non-hydrogen) atoms. The number of sulfonamides is 1. The van der Waals surface area contributed by atoms with E-state index in [4.69, 9.17) is 4.74 Å². The average molecular weight is 487 g/mol. The van der Waals surface area contributed by atoms with E-state index in [1.807, 2.05) is 0 Å². The molecule has 1 aliphatic carbocycles. The van der Waals surface area contributed by atoms with E-state index in [2.05, 4.69) is 14.1 Å². The lowest BCUT2D eigenvalue weighted by Gasteiger charge is -2.27. The molecule has 8 nitrogen and oxygen atoms in total. The van der Waals surface area contributed by atoms with Gasteiger partial charge in [0, 0.05) is 25.4 Å². The third-order valence-electron chi connectivity index (χ3n) is 6.21. The van der Waals surface area contributed by atoms with Gasteiger partial charge in [-0.15, -0.1) is 0 Å². The lowest BCUT2D eigenvalue weighted by molar-refractivity contribution is 0.0725. The van der Waals surface area contributed by atoms with Crippen LogP contribution in [-0.4, -0.2) is 47.8 Å². The van der Waals surface area contributed by atoms with Crippen molar-refractivity contribution in [3.05, 3.63) is 42.2 Å². The molecule has 2 aromatic heterocycles. The number of piperidine rings is 1. The Morgan fingerprint density at radius 2 is 1.88 bits per heavy atom. The minimum absolute atomic E-state index is 0.104. The van der Waals surface area contributed by atoms with E-state index in [0.29, 0.717) is 29.8 Å². The average Bonchev–Trinajstić information content (AvgIpc) is 3.51. The van der Waals surface area contributed by atoms with Gasteiger partial charge < -0.3 is 9.64 Å². The van der Waals surface area contributed by atoms with Gasteiger partial charge in [0.05, 0.1) is 33.6 Å². The Kier molecular flexibility index (Phi) is 6.20. The van der Waals surface area contributed by atoms with Crippen LogP contribution in [0.25, 0.3) is 10.1 Å². The van der Waals surface area contributed by atoms with Crippen LogP contribution < -0.4 is 9.46 Å². The van der Waals surface area contributed by atoms with Gasteiger partial charge in [0.2, 0.25) is 0 Å². The number of amides is 1. The molecule has 1 saturated heterocycles. The zero-order valence-corrected chi connectivity index (χ0v) is 19.8. The standard InChI is InChI=1S/C23H26N4O4S2/c28-23(27-12-4-1-5-13-27)18-9-8-17(31-16-6-2-3-7-16)14-20(18)26-33(29,30)22-19-15-25-32-21(19)10-11-24-22/h8-11,14-16,26H,1-7,12-13H2. The summed E-state index contributed by atoms with van der Waals surface area (Å²) in [4.78, 5) is 19.2. The minimum Gasteiger partial charge on any atom is -0.490 e. The number of rotatable bonds is 6. The van der Waals surface area contributed by atoms with E-state index in [-0.39, 0.29) is 22.7 Å². The number of likely N-dealkylation sites (tertiary alicyclic amines) is 1.